The molecule has 3 amide bonds. The van der Waals surface area contributed by atoms with Gasteiger partial charge in [0.1, 0.15) is 11.4 Å². The molecule has 0 aromatic heterocycles. The lowest BCUT2D eigenvalue weighted by molar-refractivity contribution is -0.133. The van der Waals surface area contributed by atoms with Crippen molar-refractivity contribution < 1.29 is 18.7 Å². The molecule has 130 valence electrons. The van der Waals surface area contributed by atoms with Crippen LogP contribution in [-0.4, -0.2) is 36.1 Å². The van der Waals surface area contributed by atoms with Gasteiger partial charge in [-0.25, -0.2) is 9.18 Å². The summed E-state index contributed by atoms with van der Waals surface area (Å²) in [4.78, 5) is 26.8. The molecule has 1 aromatic rings. The van der Waals surface area contributed by atoms with Crippen LogP contribution in [0.3, 0.4) is 0 Å². The number of unbranched alkanes of at least 4 members (excludes halogenated alkanes) is 1. The molecule has 0 unspecified atom stereocenters. The van der Waals surface area contributed by atoms with Gasteiger partial charge < -0.3 is 10.1 Å². The molecule has 2 saturated heterocycles. The Bertz CT molecular complexity index is 613. The van der Waals surface area contributed by atoms with E-state index in [1.165, 1.54) is 17.0 Å². The average Bonchev–Trinajstić information content (AvgIpc) is 3.17. The smallest absolute Gasteiger partial charge is 0.325 e. The zero-order valence-electron chi connectivity index (χ0n) is 13.9. The molecule has 2 aliphatic rings. The van der Waals surface area contributed by atoms with E-state index in [9.17, 15) is 14.0 Å². The quantitative estimate of drug-likeness (QED) is 0.814. The maximum Gasteiger partial charge on any atom is 0.325 e. The molecule has 0 radical (unpaired) electrons. The largest absolute Gasteiger partial charge is 0.376 e. The number of hydrogen-bond acceptors (Lipinski definition) is 3. The predicted molar refractivity (Wildman–Crippen MR) is 86.8 cm³/mol. The van der Waals surface area contributed by atoms with Crippen LogP contribution in [0, 0.1) is 5.82 Å². The Balaban J connectivity index is 1.89. The van der Waals surface area contributed by atoms with Crippen LogP contribution in [0.4, 0.5) is 9.18 Å². The van der Waals surface area contributed by atoms with Crippen LogP contribution in [0.1, 0.15) is 44.6 Å². The number of urea groups is 1. The van der Waals surface area contributed by atoms with Crippen LogP contribution >= 0.6 is 0 Å². The Hall–Kier alpha value is -1.95. The number of amides is 3. The summed E-state index contributed by atoms with van der Waals surface area (Å²) in [6.07, 6.45) is 3.91. The van der Waals surface area contributed by atoms with E-state index in [-0.39, 0.29) is 24.4 Å². The van der Waals surface area contributed by atoms with Gasteiger partial charge in [-0.15, -0.1) is 0 Å². The zero-order valence-corrected chi connectivity index (χ0v) is 13.9. The fraction of sp³-hybridized carbons (Fsp3) is 0.556. The van der Waals surface area contributed by atoms with Gasteiger partial charge in [0, 0.05) is 6.61 Å². The van der Waals surface area contributed by atoms with Crippen LogP contribution < -0.4 is 5.32 Å². The second kappa shape index (κ2) is 6.89. The van der Waals surface area contributed by atoms with E-state index in [0.717, 1.165) is 25.7 Å². The van der Waals surface area contributed by atoms with Crippen molar-refractivity contribution >= 4 is 11.9 Å². The normalized spacial score (nSPS) is 26.9. The van der Waals surface area contributed by atoms with Crippen molar-refractivity contribution in [1.29, 1.82) is 0 Å². The summed E-state index contributed by atoms with van der Waals surface area (Å²) in [5.74, 6) is -0.625. The van der Waals surface area contributed by atoms with E-state index in [0.29, 0.717) is 18.6 Å². The molecular weight excluding hydrogens is 311 g/mol. The minimum Gasteiger partial charge on any atom is -0.376 e. The van der Waals surface area contributed by atoms with Crippen molar-refractivity contribution in [2.45, 2.75) is 50.7 Å². The van der Waals surface area contributed by atoms with Gasteiger partial charge in [-0.3, -0.25) is 9.69 Å². The fourth-order valence-electron chi connectivity index (χ4n) is 3.47. The molecule has 0 saturated carbocycles. The van der Waals surface area contributed by atoms with Crippen molar-refractivity contribution in [3.63, 3.8) is 0 Å². The molecule has 24 heavy (non-hydrogen) atoms. The predicted octanol–water partition coefficient (Wildman–Crippen LogP) is 2.94. The lowest BCUT2D eigenvalue weighted by atomic mass is 9.84. The third kappa shape index (κ3) is 3.02. The highest BCUT2D eigenvalue weighted by molar-refractivity contribution is 6.07. The summed E-state index contributed by atoms with van der Waals surface area (Å²) < 4.78 is 18.8. The third-order valence-corrected chi connectivity index (χ3v) is 4.83. The maximum absolute atomic E-state index is 13.3. The monoisotopic (exact) mass is 334 g/mol. The molecule has 1 aromatic carbocycles. The number of ether oxygens (including phenoxy) is 1. The summed E-state index contributed by atoms with van der Waals surface area (Å²) in [6, 6.07) is 5.42. The number of nitrogens with zero attached hydrogens (tertiary/aromatic N) is 1. The van der Waals surface area contributed by atoms with Gasteiger partial charge in [-0.05, 0) is 37.0 Å². The number of nitrogens with one attached hydrogen (secondary N) is 1. The Kier molecular flexibility index (Phi) is 4.85. The van der Waals surface area contributed by atoms with Gasteiger partial charge >= 0.3 is 6.03 Å². The highest BCUT2D eigenvalue weighted by atomic mass is 19.1. The van der Waals surface area contributed by atoms with E-state index in [1.54, 1.807) is 12.1 Å². The highest BCUT2D eigenvalue weighted by Crippen LogP contribution is 2.35. The molecule has 0 bridgehead atoms. The maximum atomic E-state index is 13.3. The third-order valence-electron chi connectivity index (χ3n) is 4.83. The Morgan fingerprint density at radius 2 is 2.08 bits per heavy atom. The molecule has 0 aliphatic carbocycles. The Morgan fingerprint density at radius 3 is 2.71 bits per heavy atom. The highest BCUT2D eigenvalue weighted by Gasteiger charge is 2.52. The molecule has 2 atom stereocenters. The van der Waals surface area contributed by atoms with Gasteiger partial charge in [0.05, 0.1) is 12.6 Å². The van der Waals surface area contributed by atoms with Crippen molar-refractivity contribution in [3.05, 3.63) is 35.6 Å². The van der Waals surface area contributed by atoms with E-state index in [1.807, 2.05) is 6.92 Å². The van der Waals surface area contributed by atoms with Crippen molar-refractivity contribution in [2.75, 3.05) is 13.2 Å². The summed E-state index contributed by atoms with van der Waals surface area (Å²) in [7, 11) is 0. The van der Waals surface area contributed by atoms with Crippen LogP contribution in [0.15, 0.2) is 24.3 Å². The number of carbonyl (C=O) groups excluding carboxylic acids is 2. The first-order valence-corrected chi connectivity index (χ1v) is 8.58. The molecule has 2 aliphatic heterocycles. The molecular formula is C18H23FN2O3. The number of halogens is 1. The van der Waals surface area contributed by atoms with Gasteiger partial charge in [-0.2, -0.15) is 0 Å². The number of carbonyl (C=O) groups is 2. The van der Waals surface area contributed by atoms with Gasteiger partial charge in [0.25, 0.3) is 5.91 Å². The van der Waals surface area contributed by atoms with Crippen molar-refractivity contribution in [2.24, 2.45) is 0 Å². The lowest BCUT2D eigenvalue weighted by Gasteiger charge is -2.27. The standard InChI is InChI=1S/C18H23FN2O3/c1-2-3-10-18(13-6-8-14(19)9-7-13)16(22)21(17(23)20-18)12-15-5-4-11-24-15/h6-9,15H,2-5,10-12H2,1H3,(H,20,23)/t15-,18-/m1/s1. The topological polar surface area (TPSA) is 58.6 Å². The van der Waals surface area contributed by atoms with Crippen LogP contribution in [0.25, 0.3) is 0 Å². The molecule has 3 rings (SSSR count). The fourth-order valence-corrected chi connectivity index (χ4v) is 3.47. The lowest BCUT2D eigenvalue weighted by Crippen LogP contribution is -2.44. The van der Waals surface area contributed by atoms with E-state index in [2.05, 4.69) is 5.32 Å². The first-order chi connectivity index (χ1) is 11.6. The summed E-state index contributed by atoms with van der Waals surface area (Å²) in [5.41, 5.74) is -0.468. The van der Waals surface area contributed by atoms with Gasteiger partial charge in [-0.1, -0.05) is 31.9 Å². The first kappa shape index (κ1) is 16.9. The molecule has 2 heterocycles. The Morgan fingerprint density at radius 1 is 1.33 bits per heavy atom. The van der Waals surface area contributed by atoms with E-state index < -0.39 is 11.6 Å². The van der Waals surface area contributed by atoms with Gasteiger partial charge in [0.15, 0.2) is 0 Å². The van der Waals surface area contributed by atoms with E-state index in [4.69, 9.17) is 4.74 Å². The minimum absolute atomic E-state index is 0.0881. The summed E-state index contributed by atoms with van der Waals surface area (Å²) >= 11 is 0. The van der Waals surface area contributed by atoms with Crippen LogP contribution in [0.5, 0.6) is 0 Å². The van der Waals surface area contributed by atoms with Gasteiger partial charge in [0.2, 0.25) is 0 Å². The molecule has 6 heteroatoms. The molecule has 5 nitrogen and oxygen atoms in total. The summed E-state index contributed by atoms with van der Waals surface area (Å²) in [6.45, 7) is 2.98. The van der Waals surface area contributed by atoms with E-state index >= 15 is 0 Å². The van der Waals surface area contributed by atoms with Crippen molar-refractivity contribution in [3.8, 4) is 0 Å². The zero-order chi connectivity index (χ0) is 17.2. The summed E-state index contributed by atoms with van der Waals surface area (Å²) in [5, 5.41) is 2.87. The van der Waals surface area contributed by atoms with Crippen LogP contribution in [0.2, 0.25) is 0 Å². The molecule has 0 spiro atoms. The first-order valence-electron chi connectivity index (χ1n) is 8.58. The van der Waals surface area contributed by atoms with Crippen molar-refractivity contribution in [1.82, 2.24) is 10.2 Å². The number of benzene rings is 1. The number of rotatable bonds is 6. The Labute approximate surface area is 141 Å². The molecule has 1 N–H and O–H groups in total. The second-order valence-corrected chi connectivity index (χ2v) is 6.50. The molecule has 2 fully saturated rings. The minimum atomic E-state index is -1.10. The number of hydrogen-bond donors (Lipinski definition) is 1. The SMILES string of the molecule is CCCC[C@]1(c2ccc(F)cc2)NC(=O)N(C[C@H]2CCCO2)C1=O. The van der Waals surface area contributed by atoms with Crippen LogP contribution in [-0.2, 0) is 15.1 Å². The number of imide groups is 1. The average molecular weight is 334 g/mol. The second-order valence-electron chi connectivity index (χ2n) is 6.50.